The normalized spacial score (nSPS) is 17.8. The van der Waals surface area contributed by atoms with Gasteiger partial charge < -0.3 is 11.1 Å². The highest BCUT2D eigenvalue weighted by atomic mass is 32.1. The van der Waals surface area contributed by atoms with Crippen molar-refractivity contribution in [1.82, 2.24) is 0 Å². The Hall–Kier alpha value is -3.06. The van der Waals surface area contributed by atoms with Crippen LogP contribution in [0.1, 0.15) is 33.1 Å². The van der Waals surface area contributed by atoms with Gasteiger partial charge in [-0.15, -0.1) is 11.3 Å². The van der Waals surface area contributed by atoms with Crippen molar-refractivity contribution in [3.8, 4) is 11.1 Å². The van der Waals surface area contributed by atoms with Gasteiger partial charge in [-0.1, -0.05) is 36.4 Å². The lowest BCUT2D eigenvalue weighted by molar-refractivity contribution is -0.117. The van der Waals surface area contributed by atoms with Gasteiger partial charge in [0.05, 0.1) is 5.56 Å². The van der Waals surface area contributed by atoms with Crippen molar-refractivity contribution in [2.24, 2.45) is 11.7 Å². The Morgan fingerprint density at radius 2 is 1.72 bits per heavy atom. The van der Waals surface area contributed by atoms with Gasteiger partial charge in [0.15, 0.2) is 0 Å². The number of carbonyl (C=O) groups is 2. The summed E-state index contributed by atoms with van der Waals surface area (Å²) in [6.07, 6.45) is 0.353. The van der Waals surface area contributed by atoms with Crippen LogP contribution >= 0.6 is 11.3 Å². The number of amides is 2. The van der Waals surface area contributed by atoms with Crippen molar-refractivity contribution in [3.05, 3.63) is 76.2 Å². The smallest absolute Gasteiger partial charge is 0.252 e. The zero-order chi connectivity index (χ0) is 20.7. The molecule has 0 spiro atoms. The summed E-state index contributed by atoms with van der Waals surface area (Å²) < 4.78 is 28.0. The Labute approximate surface area is 170 Å². The fourth-order valence-electron chi connectivity index (χ4n) is 3.69. The van der Waals surface area contributed by atoms with Gasteiger partial charge in [0.25, 0.3) is 5.91 Å². The van der Waals surface area contributed by atoms with Gasteiger partial charge in [0.1, 0.15) is 16.6 Å². The summed E-state index contributed by atoms with van der Waals surface area (Å²) >= 11 is 1.26. The Bertz CT molecular complexity index is 1090. The van der Waals surface area contributed by atoms with E-state index in [1.807, 2.05) is 37.3 Å². The summed E-state index contributed by atoms with van der Waals surface area (Å²) in [5.74, 6) is -3.38. The lowest BCUT2D eigenvalue weighted by Crippen LogP contribution is -2.19. The van der Waals surface area contributed by atoms with E-state index in [9.17, 15) is 18.4 Å². The maximum Gasteiger partial charge on any atom is 0.252 e. The molecule has 148 valence electrons. The van der Waals surface area contributed by atoms with Crippen LogP contribution < -0.4 is 11.1 Å². The number of hydrogen-bond acceptors (Lipinski definition) is 3. The molecule has 2 amide bonds. The highest BCUT2D eigenvalue weighted by Gasteiger charge is 2.47. The largest absolute Gasteiger partial charge is 0.365 e. The summed E-state index contributed by atoms with van der Waals surface area (Å²) in [7, 11) is 0. The fourth-order valence-corrected chi connectivity index (χ4v) is 4.78. The van der Waals surface area contributed by atoms with E-state index in [0.29, 0.717) is 17.0 Å². The second-order valence-electron chi connectivity index (χ2n) is 7.04. The molecule has 0 aliphatic heterocycles. The van der Waals surface area contributed by atoms with Crippen molar-refractivity contribution in [2.45, 2.75) is 19.3 Å². The molecule has 4 nitrogen and oxygen atoms in total. The number of primary amides is 1. The van der Waals surface area contributed by atoms with Crippen LogP contribution in [0, 0.1) is 24.5 Å². The van der Waals surface area contributed by atoms with Crippen LogP contribution in [-0.4, -0.2) is 11.8 Å². The first-order chi connectivity index (χ1) is 13.9. The maximum atomic E-state index is 14.0. The monoisotopic (exact) mass is 412 g/mol. The summed E-state index contributed by atoms with van der Waals surface area (Å²) in [4.78, 5) is 25.7. The number of aryl methyl sites for hydroxylation is 1. The molecule has 1 saturated carbocycles. The summed E-state index contributed by atoms with van der Waals surface area (Å²) in [6, 6.07) is 13.0. The van der Waals surface area contributed by atoms with Crippen LogP contribution in [0.15, 0.2) is 48.5 Å². The first-order valence-corrected chi connectivity index (χ1v) is 9.93. The molecule has 0 bridgehead atoms. The Kier molecular flexibility index (Phi) is 4.92. The third kappa shape index (κ3) is 3.53. The Morgan fingerprint density at radius 3 is 2.34 bits per heavy atom. The number of halogens is 2. The molecule has 3 aromatic rings. The number of benzene rings is 2. The first-order valence-electron chi connectivity index (χ1n) is 9.12. The molecule has 4 rings (SSSR count). The predicted molar refractivity (Wildman–Crippen MR) is 109 cm³/mol. The maximum absolute atomic E-state index is 14.0. The van der Waals surface area contributed by atoms with E-state index in [0.717, 1.165) is 10.4 Å². The van der Waals surface area contributed by atoms with Crippen LogP contribution in [0.4, 0.5) is 13.8 Å². The Morgan fingerprint density at radius 1 is 1.07 bits per heavy atom. The zero-order valence-electron chi connectivity index (χ0n) is 15.5. The number of hydrogen-bond donors (Lipinski definition) is 2. The molecule has 1 aromatic heterocycles. The lowest BCUT2D eigenvalue weighted by atomic mass is 10.0. The summed E-state index contributed by atoms with van der Waals surface area (Å²) in [5.41, 5.74) is 7.31. The van der Waals surface area contributed by atoms with E-state index in [1.54, 1.807) is 0 Å². The predicted octanol–water partition coefficient (Wildman–Crippen LogP) is 4.84. The number of nitrogens with two attached hydrogens (primary N) is 1. The molecule has 1 aliphatic carbocycles. The van der Waals surface area contributed by atoms with Crippen molar-refractivity contribution in [2.75, 3.05) is 5.32 Å². The van der Waals surface area contributed by atoms with Crippen LogP contribution in [0.2, 0.25) is 0 Å². The lowest BCUT2D eigenvalue weighted by Gasteiger charge is -2.07. The molecular weight excluding hydrogens is 394 g/mol. The van der Waals surface area contributed by atoms with Crippen molar-refractivity contribution >= 4 is 28.2 Å². The van der Waals surface area contributed by atoms with Gasteiger partial charge in [-0.25, -0.2) is 8.78 Å². The third-order valence-corrected chi connectivity index (χ3v) is 6.15. The number of anilines is 1. The quantitative estimate of drug-likeness (QED) is 0.629. The molecule has 1 heterocycles. The first kappa shape index (κ1) is 19.3. The zero-order valence-corrected chi connectivity index (χ0v) is 16.4. The average Bonchev–Trinajstić information content (AvgIpc) is 3.39. The standard InChI is InChI=1S/C22H18F2N2O2S/c1-11-17(12-6-3-2-4-7-12)19(20(25)27)22(29-11)26-21(28)14-10-13(14)18-15(23)8-5-9-16(18)24/h2-9,13-14H,10H2,1H3,(H2,25,27)(H,26,28). The second kappa shape index (κ2) is 7.40. The van der Waals surface area contributed by atoms with Crippen molar-refractivity contribution < 1.29 is 18.4 Å². The van der Waals surface area contributed by atoms with Gasteiger partial charge in [-0.05, 0) is 31.0 Å². The highest BCUT2D eigenvalue weighted by Crippen LogP contribution is 2.50. The van der Waals surface area contributed by atoms with Gasteiger partial charge in [0, 0.05) is 27.8 Å². The van der Waals surface area contributed by atoms with E-state index in [2.05, 4.69) is 5.32 Å². The number of carbonyl (C=O) groups excluding carboxylic acids is 2. The van der Waals surface area contributed by atoms with Gasteiger partial charge in [0.2, 0.25) is 5.91 Å². The van der Waals surface area contributed by atoms with Crippen molar-refractivity contribution in [3.63, 3.8) is 0 Å². The van der Waals surface area contributed by atoms with Crippen LogP contribution in [0.5, 0.6) is 0 Å². The van der Waals surface area contributed by atoms with Crippen molar-refractivity contribution in [1.29, 1.82) is 0 Å². The number of rotatable bonds is 5. The molecule has 3 N–H and O–H groups in total. The third-order valence-electron chi connectivity index (χ3n) is 5.13. The van der Waals surface area contributed by atoms with E-state index < -0.39 is 29.4 Å². The molecule has 2 atom stereocenters. The fraction of sp³-hybridized carbons (Fsp3) is 0.182. The average molecular weight is 412 g/mol. The molecule has 0 radical (unpaired) electrons. The molecule has 1 fully saturated rings. The van der Waals surface area contributed by atoms with Crippen LogP contribution in [-0.2, 0) is 4.79 Å². The second-order valence-corrected chi connectivity index (χ2v) is 8.27. The van der Waals surface area contributed by atoms with E-state index in [1.165, 1.54) is 29.5 Å². The van der Waals surface area contributed by atoms with Gasteiger partial charge >= 0.3 is 0 Å². The minimum Gasteiger partial charge on any atom is -0.365 e. The Balaban J connectivity index is 1.61. The molecule has 29 heavy (non-hydrogen) atoms. The minimum absolute atomic E-state index is 0.0601. The SMILES string of the molecule is Cc1sc(NC(=O)C2CC2c2c(F)cccc2F)c(C(N)=O)c1-c1ccccc1. The summed E-state index contributed by atoms with van der Waals surface area (Å²) in [6.45, 7) is 1.85. The highest BCUT2D eigenvalue weighted by molar-refractivity contribution is 7.17. The minimum atomic E-state index is -0.651. The number of thiophene rings is 1. The van der Waals surface area contributed by atoms with Crippen LogP contribution in [0.3, 0.4) is 0 Å². The van der Waals surface area contributed by atoms with Gasteiger partial charge in [-0.3, -0.25) is 9.59 Å². The molecule has 2 unspecified atom stereocenters. The summed E-state index contributed by atoms with van der Waals surface area (Å²) in [5, 5.41) is 3.12. The van der Waals surface area contributed by atoms with Crippen LogP contribution in [0.25, 0.3) is 11.1 Å². The molecule has 2 aromatic carbocycles. The molecule has 1 aliphatic rings. The topological polar surface area (TPSA) is 72.2 Å². The van der Waals surface area contributed by atoms with E-state index >= 15 is 0 Å². The van der Waals surface area contributed by atoms with Gasteiger partial charge in [-0.2, -0.15) is 0 Å². The van der Waals surface area contributed by atoms with E-state index in [-0.39, 0.29) is 17.0 Å². The molecule has 7 heteroatoms. The van der Waals surface area contributed by atoms with E-state index in [4.69, 9.17) is 5.73 Å². The number of nitrogens with one attached hydrogen (secondary N) is 1. The molecule has 0 saturated heterocycles. The molecular formula is C22H18F2N2O2S.